The van der Waals surface area contributed by atoms with E-state index in [9.17, 15) is 26.3 Å². The van der Waals surface area contributed by atoms with Crippen LogP contribution in [0.4, 0.5) is 26.3 Å². The molecule has 2 heterocycles. The Bertz CT molecular complexity index is 888. The van der Waals surface area contributed by atoms with Crippen molar-refractivity contribution in [3.8, 4) is 11.1 Å². The standard InChI is InChI=1S/C16H10F6N2/c1-9-14(10-2-4-11(5-3-10)15(17,18)19)13-8-12(16(20,21)22)6-7-24(13)23-9/h2-8H,1H3. The third-order valence-electron chi connectivity index (χ3n) is 3.64. The number of halogens is 6. The summed E-state index contributed by atoms with van der Waals surface area (Å²) in [6.07, 6.45) is -7.81. The number of fused-ring (bicyclic) bond motifs is 1. The van der Waals surface area contributed by atoms with Crippen molar-refractivity contribution in [3.63, 3.8) is 0 Å². The van der Waals surface area contributed by atoms with Crippen LogP contribution >= 0.6 is 0 Å². The van der Waals surface area contributed by atoms with Gasteiger partial charge >= 0.3 is 12.4 Å². The van der Waals surface area contributed by atoms with E-state index < -0.39 is 23.5 Å². The second kappa shape index (κ2) is 5.25. The molecule has 2 aromatic heterocycles. The van der Waals surface area contributed by atoms with Crippen LogP contribution in [0.3, 0.4) is 0 Å². The molecule has 0 aliphatic heterocycles. The van der Waals surface area contributed by atoms with Crippen molar-refractivity contribution in [2.75, 3.05) is 0 Å². The first-order chi connectivity index (χ1) is 11.1. The van der Waals surface area contributed by atoms with Crippen molar-refractivity contribution in [2.24, 2.45) is 0 Å². The molecule has 0 aliphatic rings. The van der Waals surface area contributed by atoms with Gasteiger partial charge in [0, 0.05) is 11.8 Å². The maximum absolute atomic E-state index is 12.9. The summed E-state index contributed by atoms with van der Waals surface area (Å²) >= 11 is 0. The van der Waals surface area contributed by atoms with Crippen LogP contribution in [0.25, 0.3) is 16.6 Å². The van der Waals surface area contributed by atoms with Gasteiger partial charge in [0.1, 0.15) is 0 Å². The smallest absolute Gasteiger partial charge is 0.240 e. The molecule has 0 saturated heterocycles. The van der Waals surface area contributed by atoms with Crippen molar-refractivity contribution in [2.45, 2.75) is 19.3 Å². The molecule has 3 rings (SSSR count). The molecule has 2 nitrogen and oxygen atoms in total. The third-order valence-corrected chi connectivity index (χ3v) is 3.64. The highest BCUT2D eigenvalue weighted by atomic mass is 19.4. The van der Waals surface area contributed by atoms with Crippen LogP contribution in [0.2, 0.25) is 0 Å². The summed E-state index contributed by atoms with van der Waals surface area (Å²) in [5.41, 5.74) is -0.319. The number of alkyl halides is 6. The number of hydrogen-bond acceptors (Lipinski definition) is 1. The first kappa shape index (κ1) is 16.4. The zero-order valence-corrected chi connectivity index (χ0v) is 12.2. The molecular weight excluding hydrogens is 334 g/mol. The number of nitrogens with zero attached hydrogens (tertiary/aromatic N) is 2. The molecule has 126 valence electrons. The Labute approximate surface area is 132 Å². The predicted molar refractivity (Wildman–Crippen MR) is 75.4 cm³/mol. The molecule has 0 spiro atoms. The van der Waals surface area contributed by atoms with Gasteiger partial charge in [-0.1, -0.05) is 12.1 Å². The fraction of sp³-hybridized carbons (Fsp3) is 0.188. The van der Waals surface area contributed by atoms with Crippen LogP contribution in [-0.4, -0.2) is 9.61 Å². The van der Waals surface area contributed by atoms with Gasteiger partial charge in [0.25, 0.3) is 0 Å². The highest BCUT2D eigenvalue weighted by molar-refractivity contribution is 5.82. The molecule has 1 aromatic carbocycles. The van der Waals surface area contributed by atoms with E-state index in [1.54, 1.807) is 6.92 Å². The number of rotatable bonds is 1. The average Bonchev–Trinajstić information content (AvgIpc) is 2.80. The van der Waals surface area contributed by atoms with Crippen LogP contribution in [0, 0.1) is 6.92 Å². The van der Waals surface area contributed by atoms with E-state index in [0.717, 1.165) is 24.3 Å². The normalized spacial score (nSPS) is 12.8. The summed E-state index contributed by atoms with van der Waals surface area (Å²) in [6.45, 7) is 1.59. The highest BCUT2D eigenvalue weighted by Gasteiger charge is 2.32. The van der Waals surface area contributed by atoms with E-state index in [-0.39, 0.29) is 5.52 Å². The number of aryl methyl sites for hydroxylation is 1. The molecule has 0 N–H and O–H groups in total. The monoisotopic (exact) mass is 344 g/mol. The minimum Gasteiger partial charge on any atom is -0.240 e. The van der Waals surface area contributed by atoms with Gasteiger partial charge in [-0.15, -0.1) is 0 Å². The maximum Gasteiger partial charge on any atom is 0.416 e. The Morgan fingerprint density at radius 1 is 0.833 bits per heavy atom. The lowest BCUT2D eigenvalue weighted by Gasteiger charge is -2.09. The Balaban J connectivity index is 2.16. The molecule has 0 unspecified atom stereocenters. The van der Waals surface area contributed by atoms with Crippen molar-refractivity contribution >= 4 is 5.52 Å². The summed E-state index contributed by atoms with van der Waals surface area (Å²) in [5, 5.41) is 4.11. The molecule has 0 aliphatic carbocycles. The minimum atomic E-state index is -4.52. The molecule has 24 heavy (non-hydrogen) atoms. The Kier molecular flexibility index (Phi) is 3.58. The number of aromatic nitrogens is 2. The van der Waals surface area contributed by atoms with Crippen molar-refractivity contribution in [1.82, 2.24) is 9.61 Å². The van der Waals surface area contributed by atoms with Crippen LogP contribution in [-0.2, 0) is 12.4 Å². The molecule has 3 aromatic rings. The Morgan fingerprint density at radius 2 is 1.42 bits per heavy atom. The van der Waals surface area contributed by atoms with E-state index in [1.807, 2.05) is 0 Å². The van der Waals surface area contributed by atoms with Gasteiger partial charge in [0.05, 0.1) is 22.3 Å². The third kappa shape index (κ3) is 2.83. The molecular formula is C16H10F6N2. The maximum atomic E-state index is 12.9. The Morgan fingerprint density at radius 3 is 1.96 bits per heavy atom. The topological polar surface area (TPSA) is 17.3 Å². The van der Waals surface area contributed by atoms with Gasteiger partial charge in [-0.25, -0.2) is 4.52 Å². The van der Waals surface area contributed by atoms with E-state index in [0.29, 0.717) is 16.8 Å². The van der Waals surface area contributed by atoms with E-state index in [4.69, 9.17) is 0 Å². The molecule has 0 amide bonds. The summed E-state index contributed by atoms with van der Waals surface area (Å²) in [4.78, 5) is 0. The first-order valence-electron chi connectivity index (χ1n) is 6.81. The van der Waals surface area contributed by atoms with Gasteiger partial charge in [-0.05, 0) is 36.8 Å². The molecule has 0 bridgehead atoms. The number of pyridine rings is 1. The zero-order chi connectivity index (χ0) is 17.7. The lowest BCUT2D eigenvalue weighted by Crippen LogP contribution is -2.05. The first-order valence-corrected chi connectivity index (χ1v) is 6.81. The van der Waals surface area contributed by atoms with E-state index in [1.165, 1.54) is 22.8 Å². The molecule has 0 saturated carbocycles. The SMILES string of the molecule is Cc1nn2ccc(C(F)(F)F)cc2c1-c1ccc(C(F)(F)F)cc1. The van der Waals surface area contributed by atoms with Crippen LogP contribution in [0.5, 0.6) is 0 Å². The van der Waals surface area contributed by atoms with Gasteiger partial charge in [0.2, 0.25) is 0 Å². The van der Waals surface area contributed by atoms with Crippen molar-refractivity contribution in [1.29, 1.82) is 0 Å². The largest absolute Gasteiger partial charge is 0.416 e. The average molecular weight is 344 g/mol. The predicted octanol–water partition coefficient (Wildman–Crippen LogP) is 5.35. The molecule has 0 atom stereocenters. The number of benzene rings is 1. The van der Waals surface area contributed by atoms with Gasteiger partial charge in [-0.2, -0.15) is 31.4 Å². The van der Waals surface area contributed by atoms with Crippen molar-refractivity contribution in [3.05, 3.63) is 59.4 Å². The summed E-state index contributed by atoms with van der Waals surface area (Å²) in [7, 11) is 0. The fourth-order valence-electron chi connectivity index (χ4n) is 2.52. The van der Waals surface area contributed by atoms with Gasteiger partial charge in [-0.3, -0.25) is 0 Å². The lowest BCUT2D eigenvalue weighted by molar-refractivity contribution is -0.138. The van der Waals surface area contributed by atoms with Crippen LogP contribution < -0.4 is 0 Å². The van der Waals surface area contributed by atoms with Crippen LogP contribution in [0.1, 0.15) is 16.8 Å². The zero-order valence-electron chi connectivity index (χ0n) is 12.2. The lowest BCUT2D eigenvalue weighted by atomic mass is 10.0. The van der Waals surface area contributed by atoms with Crippen molar-refractivity contribution < 1.29 is 26.3 Å². The Hall–Kier alpha value is -2.51. The molecule has 8 heteroatoms. The highest BCUT2D eigenvalue weighted by Crippen LogP contribution is 2.35. The second-order valence-electron chi connectivity index (χ2n) is 5.28. The van der Waals surface area contributed by atoms with Gasteiger partial charge < -0.3 is 0 Å². The fourth-order valence-corrected chi connectivity index (χ4v) is 2.52. The minimum absolute atomic E-state index is 0.182. The van der Waals surface area contributed by atoms with Gasteiger partial charge in [0.15, 0.2) is 0 Å². The molecule has 0 radical (unpaired) electrons. The van der Waals surface area contributed by atoms with E-state index in [2.05, 4.69) is 5.10 Å². The summed E-state index contributed by atoms with van der Waals surface area (Å²) in [5.74, 6) is 0. The van der Waals surface area contributed by atoms with Crippen LogP contribution in [0.15, 0.2) is 42.6 Å². The second-order valence-corrected chi connectivity index (χ2v) is 5.28. The molecule has 0 fully saturated rings. The van der Waals surface area contributed by atoms with E-state index >= 15 is 0 Å². The summed E-state index contributed by atoms with van der Waals surface area (Å²) in [6, 6.07) is 6.08. The summed E-state index contributed by atoms with van der Waals surface area (Å²) < 4.78 is 77.8. The quantitative estimate of drug-likeness (QED) is 0.544. The number of hydrogen-bond donors (Lipinski definition) is 0.